The van der Waals surface area contributed by atoms with Gasteiger partial charge >= 0.3 is 0 Å². The Morgan fingerprint density at radius 1 is 1.00 bits per heavy atom. The minimum Gasteiger partial charge on any atom is -0.314 e. The van der Waals surface area contributed by atoms with Crippen LogP contribution in [0.5, 0.6) is 0 Å². The van der Waals surface area contributed by atoms with Crippen LogP contribution in [0, 0.1) is 6.92 Å². The normalized spacial score (nSPS) is 16.9. The second-order valence-electron chi connectivity index (χ2n) is 5.39. The first-order valence-corrected chi connectivity index (χ1v) is 7.33. The van der Waals surface area contributed by atoms with Crippen LogP contribution < -0.4 is 5.32 Å². The summed E-state index contributed by atoms with van der Waals surface area (Å²) in [6.07, 6.45) is 5.28. The van der Waals surface area contributed by atoms with Gasteiger partial charge in [0.2, 0.25) is 0 Å². The van der Waals surface area contributed by atoms with Crippen LogP contribution in [0.15, 0.2) is 24.3 Å². The molecule has 1 heterocycles. The van der Waals surface area contributed by atoms with E-state index in [0.717, 1.165) is 0 Å². The Morgan fingerprint density at radius 3 is 2.44 bits per heavy atom. The highest BCUT2D eigenvalue weighted by molar-refractivity contribution is 5.21. The fraction of sp³-hybridized carbons (Fsp3) is 0.625. The lowest BCUT2D eigenvalue weighted by Gasteiger charge is -2.27. The third-order valence-electron chi connectivity index (χ3n) is 3.77. The first-order chi connectivity index (χ1) is 8.84. The van der Waals surface area contributed by atoms with Crippen molar-refractivity contribution in [3.63, 3.8) is 0 Å². The zero-order valence-corrected chi connectivity index (χ0v) is 11.6. The molecule has 0 saturated carbocycles. The molecule has 0 unspecified atom stereocenters. The number of unbranched alkanes of at least 4 members (excludes halogenated alkanes) is 2. The van der Waals surface area contributed by atoms with Gasteiger partial charge in [-0.05, 0) is 38.3 Å². The Balaban J connectivity index is 1.54. The third kappa shape index (κ3) is 4.79. The van der Waals surface area contributed by atoms with E-state index in [0.29, 0.717) is 0 Å². The summed E-state index contributed by atoms with van der Waals surface area (Å²) in [4.78, 5) is 2.59. The number of hydrogen-bond donors (Lipinski definition) is 1. The predicted molar refractivity (Wildman–Crippen MR) is 78.0 cm³/mol. The fourth-order valence-electron chi connectivity index (χ4n) is 2.53. The summed E-state index contributed by atoms with van der Waals surface area (Å²) in [5, 5.41) is 3.40. The molecule has 2 heteroatoms. The van der Waals surface area contributed by atoms with Gasteiger partial charge in [-0.3, -0.25) is 0 Å². The van der Waals surface area contributed by atoms with E-state index in [4.69, 9.17) is 0 Å². The van der Waals surface area contributed by atoms with Crippen molar-refractivity contribution in [2.24, 2.45) is 0 Å². The second kappa shape index (κ2) is 7.55. The highest BCUT2D eigenvalue weighted by atomic mass is 15.2. The number of rotatable bonds is 6. The van der Waals surface area contributed by atoms with Gasteiger partial charge in [0, 0.05) is 26.2 Å². The van der Waals surface area contributed by atoms with Crippen LogP contribution in [0.4, 0.5) is 0 Å². The van der Waals surface area contributed by atoms with Crippen molar-refractivity contribution in [1.82, 2.24) is 10.2 Å². The first kappa shape index (κ1) is 13.6. The van der Waals surface area contributed by atoms with Gasteiger partial charge in [0.15, 0.2) is 0 Å². The molecular weight excluding hydrogens is 220 g/mol. The fourth-order valence-corrected chi connectivity index (χ4v) is 2.53. The third-order valence-corrected chi connectivity index (χ3v) is 3.77. The van der Waals surface area contributed by atoms with Gasteiger partial charge < -0.3 is 10.2 Å². The Labute approximate surface area is 111 Å². The topological polar surface area (TPSA) is 15.3 Å². The molecule has 1 aromatic rings. The van der Waals surface area contributed by atoms with E-state index < -0.39 is 0 Å². The summed E-state index contributed by atoms with van der Waals surface area (Å²) in [7, 11) is 0. The largest absolute Gasteiger partial charge is 0.314 e. The summed E-state index contributed by atoms with van der Waals surface area (Å²) < 4.78 is 0. The van der Waals surface area contributed by atoms with Crippen LogP contribution in [-0.2, 0) is 6.42 Å². The molecule has 1 N–H and O–H groups in total. The van der Waals surface area contributed by atoms with Gasteiger partial charge in [0.1, 0.15) is 0 Å². The summed E-state index contributed by atoms with van der Waals surface area (Å²) >= 11 is 0. The maximum absolute atomic E-state index is 3.40. The Kier molecular flexibility index (Phi) is 5.69. The highest BCUT2D eigenvalue weighted by Crippen LogP contribution is 2.09. The highest BCUT2D eigenvalue weighted by Gasteiger charge is 2.07. The molecule has 1 fully saturated rings. The summed E-state index contributed by atoms with van der Waals surface area (Å²) in [5.74, 6) is 0. The molecule has 0 radical (unpaired) electrons. The van der Waals surface area contributed by atoms with E-state index >= 15 is 0 Å². The molecule has 2 nitrogen and oxygen atoms in total. The van der Waals surface area contributed by atoms with Crippen molar-refractivity contribution in [3.05, 3.63) is 35.4 Å². The molecule has 1 saturated heterocycles. The van der Waals surface area contributed by atoms with Crippen molar-refractivity contribution < 1.29 is 0 Å². The number of hydrogen-bond acceptors (Lipinski definition) is 2. The quantitative estimate of drug-likeness (QED) is 0.776. The van der Waals surface area contributed by atoms with Crippen LogP contribution in [-0.4, -0.2) is 37.6 Å². The number of nitrogens with one attached hydrogen (secondary N) is 1. The van der Waals surface area contributed by atoms with Crippen LogP contribution in [0.25, 0.3) is 0 Å². The van der Waals surface area contributed by atoms with Crippen molar-refractivity contribution in [3.8, 4) is 0 Å². The van der Waals surface area contributed by atoms with Gasteiger partial charge in [0.05, 0.1) is 0 Å². The molecule has 2 rings (SSSR count). The second-order valence-corrected chi connectivity index (χ2v) is 5.39. The molecule has 18 heavy (non-hydrogen) atoms. The summed E-state index contributed by atoms with van der Waals surface area (Å²) in [5.41, 5.74) is 2.85. The van der Waals surface area contributed by atoms with E-state index in [1.807, 2.05) is 0 Å². The van der Waals surface area contributed by atoms with Crippen molar-refractivity contribution in [1.29, 1.82) is 0 Å². The Bertz CT molecular complexity index is 325. The maximum atomic E-state index is 3.40. The SMILES string of the molecule is Cc1ccc(CCCCCN2CCNCC2)cc1. The smallest absolute Gasteiger partial charge is 0.0107 e. The molecule has 0 amide bonds. The summed E-state index contributed by atoms with van der Waals surface area (Å²) in [6, 6.07) is 8.98. The average Bonchev–Trinajstić information content (AvgIpc) is 2.42. The maximum Gasteiger partial charge on any atom is 0.0107 e. The van der Waals surface area contributed by atoms with E-state index in [-0.39, 0.29) is 0 Å². The molecule has 0 bridgehead atoms. The van der Waals surface area contributed by atoms with Crippen LogP contribution in [0.2, 0.25) is 0 Å². The first-order valence-electron chi connectivity index (χ1n) is 7.33. The lowest BCUT2D eigenvalue weighted by atomic mass is 10.1. The van der Waals surface area contributed by atoms with Crippen molar-refractivity contribution in [2.75, 3.05) is 32.7 Å². The van der Waals surface area contributed by atoms with Gasteiger partial charge in [-0.25, -0.2) is 0 Å². The van der Waals surface area contributed by atoms with Gasteiger partial charge in [-0.1, -0.05) is 36.2 Å². The molecular formula is C16H26N2. The lowest BCUT2D eigenvalue weighted by Crippen LogP contribution is -2.43. The molecule has 1 aromatic carbocycles. The average molecular weight is 246 g/mol. The molecule has 0 atom stereocenters. The molecule has 0 aromatic heterocycles. The van der Waals surface area contributed by atoms with E-state index in [1.54, 1.807) is 0 Å². The number of benzene rings is 1. The predicted octanol–water partition coefficient (Wildman–Crippen LogP) is 2.61. The number of piperazine rings is 1. The van der Waals surface area contributed by atoms with Gasteiger partial charge in [0.25, 0.3) is 0 Å². The zero-order valence-electron chi connectivity index (χ0n) is 11.6. The molecule has 100 valence electrons. The lowest BCUT2D eigenvalue weighted by molar-refractivity contribution is 0.236. The zero-order chi connectivity index (χ0) is 12.6. The number of aryl methyl sites for hydroxylation is 2. The van der Waals surface area contributed by atoms with Crippen LogP contribution in [0.3, 0.4) is 0 Å². The minimum absolute atomic E-state index is 1.17. The molecule has 0 spiro atoms. The monoisotopic (exact) mass is 246 g/mol. The Hall–Kier alpha value is -0.860. The van der Waals surface area contributed by atoms with Gasteiger partial charge in [-0.2, -0.15) is 0 Å². The van der Waals surface area contributed by atoms with E-state index in [1.165, 1.54) is 69.5 Å². The van der Waals surface area contributed by atoms with Crippen molar-refractivity contribution in [2.45, 2.75) is 32.6 Å². The van der Waals surface area contributed by atoms with Crippen molar-refractivity contribution >= 4 is 0 Å². The van der Waals surface area contributed by atoms with Crippen LogP contribution in [0.1, 0.15) is 30.4 Å². The van der Waals surface area contributed by atoms with E-state index in [2.05, 4.69) is 41.4 Å². The van der Waals surface area contributed by atoms with Crippen LogP contribution >= 0.6 is 0 Å². The Morgan fingerprint density at radius 2 is 1.72 bits per heavy atom. The van der Waals surface area contributed by atoms with Gasteiger partial charge in [-0.15, -0.1) is 0 Å². The standard InChI is InChI=1S/C16H26N2/c1-15-6-8-16(9-7-15)5-3-2-4-12-18-13-10-17-11-14-18/h6-9,17H,2-5,10-14H2,1H3. The number of nitrogens with zero attached hydrogens (tertiary/aromatic N) is 1. The molecule has 1 aliphatic heterocycles. The van der Waals surface area contributed by atoms with E-state index in [9.17, 15) is 0 Å². The summed E-state index contributed by atoms with van der Waals surface area (Å²) in [6.45, 7) is 8.25. The molecule has 0 aliphatic carbocycles. The minimum atomic E-state index is 1.17. The molecule has 1 aliphatic rings.